The third-order valence-corrected chi connectivity index (χ3v) is 3.70. The predicted octanol–water partition coefficient (Wildman–Crippen LogP) is 1.34. The number of sulfone groups is 1. The molecule has 1 N–H and O–H groups in total. The molecule has 0 heterocycles. The van der Waals surface area contributed by atoms with Crippen molar-refractivity contribution in [3.05, 3.63) is 29.8 Å². The Morgan fingerprint density at radius 1 is 1.29 bits per heavy atom. The van der Waals surface area contributed by atoms with Crippen LogP contribution in [-0.2, 0) is 14.6 Å². The minimum atomic E-state index is -3.52. The zero-order valence-corrected chi connectivity index (χ0v) is 10.0. The van der Waals surface area contributed by atoms with Crippen LogP contribution in [0.1, 0.15) is 6.92 Å². The van der Waals surface area contributed by atoms with Crippen molar-refractivity contribution in [1.82, 2.24) is 0 Å². The predicted molar refractivity (Wildman–Crippen MR) is 59.3 cm³/mol. The summed E-state index contributed by atoms with van der Waals surface area (Å²) in [6, 6.07) is 2.77. The highest BCUT2D eigenvalue weighted by Crippen LogP contribution is 2.14. The number of nitrogens with one attached hydrogen (secondary N) is 1. The third kappa shape index (κ3) is 3.48. The Morgan fingerprint density at radius 3 is 2.35 bits per heavy atom. The van der Waals surface area contributed by atoms with E-state index in [4.69, 9.17) is 0 Å². The fourth-order valence-corrected chi connectivity index (χ4v) is 1.46. The second-order valence-electron chi connectivity index (χ2n) is 3.59. The summed E-state index contributed by atoms with van der Waals surface area (Å²) in [7, 11) is -3.52. The number of rotatable bonds is 3. The summed E-state index contributed by atoms with van der Waals surface area (Å²) in [5, 5.41) is 0.937. The van der Waals surface area contributed by atoms with E-state index in [1.165, 1.54) is 6.92 Å². The van der Waals surface area contributed by atoms with E-state index < -0.39 is 32.6 Å². The lowest BCUT2D eigenvalue weighted by Gasteiger charge is -2.10. The molecule has 0 aliphatic carbocycles. The fraction of sp³-hybridized carbons (Fsp3) is 0.300. The largest absolute Gasteiger partial charge is 0.325 e. The Kier molecular flexibility index (Phi) is 3.82. The maximum absolute atomic E-state index is 12.8. The van der Waals surface area contributed by atoms with Gasteiger partial charge < -0.3 is 5.32 Å². The van der Waals surface area contributed by atoms with E-state index in [-0.39, 0.29) is 5.69 Å². The average molecular weight is 263 g/mol. The molecule has 1 amide bonds. The van der Waals surface area contributed by atoms with Crippen LogP contribution in [0, 0.1) is 11.6 Å². The van der Waals surface area contributed by atoms with Crippen LogP contribution in [-0.4, -0.2) is 25.8 Å². The van der Waals surface area contributed by atoms with Crippen LogP contribution >= 0.6 is 0 Å². The summed E-state index contributed by atoms with van der Waals surface area (Å²) >= 11 is 0. The lowest BCUT2D eigenvalue weighted by atomic mass is 10.3. The van der Waals surface area contributed by atoms with Gasteiger partial charge in [0.1, 0.15) is 5.25 Å². The van der Waals surface area contributed by atoms with Crippen molar-refractivity contribution in [3.63, 3.8) is 0 Å². The van der Waals surface area contributed by atoms with Crippen molar-refractivity contribution in [1.29, 1.82) is 0 Å². The second-order valence-corrected chi connectivity index (χ2v) is 5.96. The van der Waals surface area contributed by atoms with Gasteiger partial charge in [0, 0.05) is 18.0 Å². The maximum atomic E-state index is 12.8. The molecule has 0 saturated carbocycles. The molecule has 0 bridgehead atoms. The van der Waals surface area contributed by atoms with E-state index in [9.17, 15) is 22.0 Å². The molecule has 7 heteroatoms. The van der Waals surface area contributed by atoms with Gasteiger partial charge in [0.15, 0.2) is 21.5 Å². The zero-order valence-electron chi connectivity index (χ0n) is 9.20. The van der Waals surface area contributed by atoms with Gasteiger partial charge in [0.05, 0.1) is 0 Å². The number of halogens is 2. The molecular weight excluding hydrogens is 252 g/mol. The van der Waals surface area contributed by atoms with Gasteiger partial charge in [-0.25, -0.2) is 17.2 Å². The number of anilines is 1. The molecule has 0 spiro atoms. The topological polar surface area (TPSA) is 63.2 Å². The Balaban J connectivity index is 2.85. The Morgan fingerprint density at radius 2 is 1.88 bits per heavy atom. The minimum Gasteiger partial charge on any atom is -0.325 e. The van der Waals surface area contributed by atoms with Gasteiger partial charge >= 0.3 is 0 Å². The van der Waals surface area contributed by atoms with Crippen LogP contribution in [0.5, 0.6) is 0 Å². The van der Waals surface area contributed by atoms with Gasteiger partial charge in [-0.1, -0.05) is 0 Å². The van der Waals surface area contributed by atoms with Gasteiger partial charge in [-0.15, -0.1) is 0 Å². The molecule has 0 radical (unpaired) electrons. The van der Waals surface area contributed by atoms with Crippen molar-refractivity contribution in [3.8, 4) is 0 Å². The van der Waals surface area contributed by atoms with Crippen molar-refractivity contribution in [2.45, 2.75) is 12.2 Å². The first-order chi connectivity index (χ1) is 7.71. The first-order valence-corrected chi connectivity index (χ1v) is 6.62. The standard InChI is InChI=1S/C10H11F2NO3S/c1-6(17(2,15)16)10(14)13-7-3-4-8(11)9(12)5-7/h3-6H,1-2H3,(H,13,14). The maximum Gasteiger partial charge on any atom is 0.242 e. The summed E-state index contributed by atoms with van der Waals surface area (Å²) in [4.78, 5) is 11.4. The van der Waals surface area contributed by atoms with Crippen LogP contribution < -0.4 is 5.32 Å². The van der Waals surface area contributed by atoms with E-state index in [0.717, 1.165) is 24.5 Å². The van der Waals surface area contributed by atoms with Crippen LogP contribution in [0.2, 0.25) is 0 Å². The summed E-state index contributed by atoms with van der Waals surface area (Å²) in [6.07, 6.45) is 0.919. The van der Waals surface area contributed by atoms with Crippen LogP contribution in [0.15, 0.2) is 18.2 Å². The lowest BCUT2D eigenvalue weighted by molar-refractivity contribution is -0.115. The minimum absolute atomic E-state index is 0.00407. The molecule has 1 aromatic rings. The summed E-state index contributed by atoms with van der Waals surface area (Å²) < 4.78 is 47.6. The number of carbonyl (C=O) groups is 1. The molecule has 0 aliphatic heterocycles. The molecule has 0 aliphatic rings. The van der Waals surface area contributed by atoms with Gasteiger partial charge in [0.2, 0.25) is 5.91 Å². The molecule has 1 rings (SSSR count). The number of hydrogen-bond donors (Lipinski definition) is 1. The molecule has 1 atom stereocenters. The van der Waals surface area contributed by atoms with Crippen molar-refractivity contribution < 1.29 is 22.0 Å². The fourth-order valence-electron chi connectivity index (χ4n) is 1.01. The van der Waals surface area contributed by atoms with E-state index in [1.807, 2.05) is 0 Å². The molecule has 1 unspecified atom stereocenters. The molecule has 4 nitrogen and oxygen atoms in total. The number of benzene rings is 1. The summed E-state index contributed by atoms with van der Waals surface area (Å²) in [5.41, 5.74) is 0.00407. The van der Waals surface area contributed by atoms with Crippen molar-refractivity contribution >= 4 is 21.4 Å². The molecule has 1 aromatic carbocycles. The van der Waals surface area contributed by atoms with Crippen molar-refractivity contribution in [2.75, 3.05) is 11.6 Å². The summed E-state index contributed by atoms with van der Waals surface area (Å²) in [6.45, 7) is 1.21. The Hall–Kier alpha value is -1.50. The average Bonchev–Trinajstić information content (AvgIpc) is 2.21. The van der Waals surface area contributed by atoms with Gasteiger partial charge in [-0.2, -0.15) is 0 Å². The summed E-state index contributed by atoms with van der Waals surface area (Å²) in [5.74, 6) is -2.95. The molecule has 0 fully saturated rings. The van der Waals surface area contributed by atoms with Gasteiger partial charge in [-0.05, 0) is 19.1 Å². The molecule has 0 aromatic heterocycles. The highest BCUT2D eigenvalue weighted by atomic mass is 32.2. The molecule has 94 valence electrons. The van der Waals surface area contributed by atoms with E-state index in [2.05, 4.69) is 5.32 Å². The van der Waals surface area contributed by atoms with Gasteiger partial charge in [-0.3, -0.25) is 4.79 Å². The molecule has 0 saturated heterocycles. The first kappa shape index (κ1) is 13.6. The molecular formula is C10H11F2NO3S. The Bertz CT molecular complexity index is 542. The van der Waals surface area contributed by atoms with Crippen LogP contribution in [0.25, 0.3) is 0 Å². The highest BCUT2D eigenvalue weighted by Gasteiger charge is 2.23. The molecule has 17 heavy (non-hydrogen) atoms. The van der Waals surface area contributed by atoms with E-state index in [0.29, 0.717) is 0 Å². The number of carbonyl (C=O) groups excluding carboxylic acids is 1. The Labute approximate surface area is 97.6 Å². The SMILES string of the molecule is CC(C(=O)Nc1ccc(F)c(F)c1)S(C)(=O)=O. The van der Waals surface area contributed by atoms with Crippen molar-refractivity contribution in [2.24, 2.45) is 0 Å². The second kappa shape index (κ2) is 4.79. The van der Waals surface area contributed by atoms with Gasteiger partial charge in [0.25, 0.3) is 0 Å². The zero-order chi connectivity index (χ0) is 13.2. The van der Waals surface area contributed by atoms with Crippen LogP contribution in [0.3, 0.4) is 0 Å². The lowest BCUT2D eigenvalue weighted by Crippen LogP contribution is -2.31. The third-order valence-electron chi connectivity index (χ3n) is 2.20. The first-order valence-electron chi connectivity index (χ1n) is 4.66. The smallest absolute Gasteiger partial charge is 0.242 e. The highest BCUT2D eigenvalue weighted by molar-refractivity contribution is 7.92. The quantitative estimate of drug-likeness (QED) is 0.895. The van der Waals surface area contributed by atoms with Crippen LogP contribution in [0.4, 0.5) is 14.5 Å². The van der Waals surface area contributed by atoms with E-state index >= 15 is 0 Å². The number of hydrogen-bond acceptors (Lipinski definition) is 3. The monoisotopic (exact) mass is 263 g/mol. The van der Waals surface area contributed by atoms with E-state index in [1.54, 1.807) is 0 Å². The number of amides is 1. The normalized spacial score (nSPS) is 13.2.